The van der Waals surface area contributed by atoms with Gasteiger partial charge in [0.1, 0.15) is 12.1 Å². The number of imide groups is 2. The van der Waals surface area contributed by atoms with Gasteiger partial charge in [0.05, 0.1) is 0 Å². The second-order valence-electron chi connectivity index (χ2n) is 6.10. The zero-order valence-corrected chi connectivity index (χ0v) is 15.5. The third-order valence-electron chi connectivity index (χ3n) is 4.35. The first kappa shape index (κ1) is 21.4. The first-order chi connectivity index (χ1) is 12.2. The van der Waals surface area contributed by atoms with Gasteiger partial charge in [0.15, 0.2) is 6.61 Å². The minimum Gasteiger partial charge on any atom is -0.454 e. The summed E-state index contributed by atoms with van der Waals surface area (Å²) >= 11 is 0. The van der Waals surface area contributed by atoms with E-state index in [2.05, 4.69) is 10.6 Å². The summed E-state index contributed by atoms with van der Waals surface area (Å²) in [6, 6.07) is -1.47. The van der Waals surface area contributed by atoms with Crippen molar-refractivity contribution in [2.45, 2.75) is 58.5 Å². The van der Waals surface area contributed by atoms with Crippen LogP contribution in [0.5, 0.6) is 0 Å². The predicted octanol–water partition coefficient (Wildman–Crippen LogP) is 0.265. The Morgan fingerprint density at radius 2 is 1.81 bits per heavy atom. The number of hydrogen-bond donors (Lipinski definition) is 3. The Labute approximate surface area is 152 Å². The monoisotopic (exact) mass is 370 g/mol. The van der Waals surface area contributed by atoms with E-state index >= 15 is 0 Å². The summed E-state index contributed by atoms with van der Waals surface area (Å²) in [4.78, 5) is 59.9. The van der Waals surface area contributed by atoms with E-state index in [1.807, 2.05) is 12.2 Å². The highest BCUT2D eigenvalue weighted by atomic mass is 16.5. The molecular formula is C16H26N4O6. The normalized spacial score (nSPS) is 16.7. The number of amides is 6. The van der Waals surface area contributed by atoms with Crippen molar-refractivity contribution in [3.63, 3.8) is 0 Å². The topological polar surface area (TPSA) is 134 Å². The molecule has 6 amide bonds. The zero-order chi connectivity index (χ0) is 19.9. The lowest BCUT2D eigenvalue weighted by molar-refractivity contribution is -0.151. The summed E-state index contributed by atoms with van der Waals surface area (Å²) in [5.74, 6) is -2.23. The first-order valence-electron chi connectivity index (χ1n) is 8.59. The summed E-state index contributed by atoms with van der Waals surface area (Å²) in [6.45, 7) is 5.88. The van der Waals surface area contributed by atoms with E-state index in [1.165, 1.54) is 0 Å². The van der Waals surface area contributed by atoms with Gasteiger partial charge in [-0.25, -0.2) is 9.59 Å². The molecule has 0 aromatic heterocycles. The van der Waals surface area contributed by atoms with Crippen molar-refractivity contribution >= 4 is 29.8 Å². The lowest BCUT2D eigenvalue weighted by atomic mass is 9.93. The second-order valence-corrected chi connectivity index (χ2v) is 6.10. The smallest absolute Gasteiger partial charge is 0.326 e. The van der Waals surface area contributed by atoms with Crippen molar-refractivity contribution in [3.8, 4) is 0 Å². The minimum atomic E-state index is -1.01. The molecule has 0 unspecified atom stereocenters. The Bertz CT molecular complexity index is 587. The molecule has 1 heterocycles. The van der Waals surface area contributed by atoms with Gasteiger partial charge in [-0.2, -0.15) is 0 Å². The predicted molar refractivity (Wildman–Crippen MR) is 90.9 cm³/mol. The van der Waals surface area contributed by atoms with Gasteiger partial charge in [-0.3, -0.25) is 24.6 Å². The van der Waals surface area contributed by atoms with E-state index in [0.29, 0.717) is 19.3 Å². The molecule has 1 atom stereocenters. The molecule has 3 N–H and O–H groups in total. The van der Waals surface area contributed by atoms with Gasteiger partial charge in [-0.15, -0.1) is 0 Å². The Hall–Kier alpha value is -2.65. The van der Waals surface area contributed by atoms with Crippen LogP contribution in [0.25, 0.3) is 0 Å². The molecule has 26 heavy (non-hydrogen) atoms. The number of urea groups is 2. The molecule has 1 fully saturated rings. The van der Waals surface area contributed by atoms with Crippen molar-refractivity contribution in [1.29, 1.82) is 0 Å². The Morgan fingerprint density at radius 1 is 1.19 bits per heavy atom. The van der Waals surface area contributed by atoms with Crippen LogP contribution in [0.3, 0.4) is 0 Å². The van der Waals surface area contributed by atoms with Gasteiger partial charge in [-0.1, -0.05) is 20.8 Å². The second kappa shape index (κ2) is 9.16. The van der Waals surface area contributed by atoms with Crippen molar-refractivity contribution < 1.29 is 28.7 Å². The Balaban J connectivity index is 2.47. The highest BCUT2D eigenvalue weighted by Gasteiger charge is 2.49. The molecule has 10 nitrogen and oxygen atoms in total. The maximum Gasteiger partial charge on any atom is 0.326 e. The maximum atomic E-state index is 12.4. The van der Waals surface area contributed by atoms with Gasteiger partial charge < -0.3 is 15.4 Å². The van der Waals surface area contributed by atoms with E-state index in [1.54, 1.807) is 20.8 Å². The SMILES string of the molecule is CC[C@H](C)NC(=O)NC(=O)COC(=O)CN1C(=O)NC(CC)(CC)C1=O. The van der Waals surface area contributed by atoms with Crippen LogP contribution < -0.4 is 16.0 Å². The summed E-state index contributed by atoms with van der Waals surface area (Å²) in [5.41, 5.74) is -1.01. The van der Waals surface area contributed by atoms with Gasteiger partial charge >= 0.3 is 18.0 Å². The molecule has 10 heteroatoms. The van der Waals surface area contributed by atoms with Crippen LogP contribution in [-0.4, -0.2) is 59.5 Å². The fraction of sp³-hybridized carbons (Fsp3) is 0.688. The average molecular weight is 370 g/mol. The van der Waals surface area contributed by atoms with Crippen LogP contribution in [0.1, 0.15) is 47.0 Å². The summed E-state index contributed by atoms with van der Waals surface area (Å²) in [5, 5.41) is 7.12. The molecular weight excluding hydrogens is 344 g/mol. The van der Waals surface area contributed by atoms with Crippen LogP contribution in [0.15, 0.2) is 0 Å². The quantitative estimate of drug-likeness (QED) is 0.415. The molecule has 0 aromatic carbocycles. The van der Waals surface area contributed by atoms with Gasteiger partial charge in [-0.05, 0) is 26.2 Å². The summed E-state index contributed by atoms with van der Waals surface area (Å²) in [7, 11) is 0. The fourth-order valence-electron chi connectivity index (χ4n) is 2.39. The van der Waals surface area contributed by atoms with Gasteiger partial charge in [0, 0.05) is 6.04 Å². The van der Waals surface area contributed by atoms with Crippen LogP contribution >= 0.6 is 0 Å². The molecule has 0 radical (unpaired) electrons. The van der Waals surface area contributed by atoms with Crippen molar-refractivity contribution in [1.82, 2.24) is 20.9 Å². The highest BCUT2D eigenvalue weighted by molar-refractivity contribution is 6.08. The van der Waals surface area contributed by atoms with Crippen molar-refractivity contribution in [2.24, 2.45) is 0 Å². The molecule has 1 rings (SSSR count). The minimum absolute atomic E-state index is 0.109. The zero-order valence-electron chi connectivity index (χ0n) is 15.5. The first-order valence-corrected chi connectivity index (χ1v) is 8.59. The third kappa shape index (κ3) is 5.17. The van der Waals surface area contributed by atoms with E-state index in [9.17, 15) is 24.0 Å². The van der Waals surface area contributed by atoms with E-state index < -0.39 is 48.5 Å². The van der Waals surface area contributed by atoms with E-state index in [-0.39, 0.29) is 6.04 Å². The van der Waals surface area contributed by atoms with Gasteiger partial charge in [0.2, 0.25) is 0 Å². The lowest BCUT2D eigenvalue weighted by Crippen LogP contribution is -2.46. The maximum absolute atomic E-state index is 12.4. The molecule has 0 bridgehead atoms. The summed E-state index contributed by atoms with van der Waals surface area (Å²) in [6.07, 6.45) is 1.49. The van der Waals surface area contributed by atoms with Crippen molar-refractivity contribution in [3.05, 3.63) is 0 Å². The number of hydrogen-bond acceptors (Lipinski definition) is 6. The standard InChI is InChI=1S/C16H26N4O6/c1-5-10(4)17-14(24)18-11(21)9-26-12(22)8-20-13(23)16(6-2,7-3)19-15(20)25/h10H,5-9H2,1-4H3,(H,19,25)(H2,17,18,21,24)/t10-/m0/s1. The number of nitrogens with one attached hydrogen (secondary N) is 3. The Kier molecular flexibility index (Phi) is 7.54. The molecule has 0 aromatic rings. The molecule has 0 aliphatic carbocycles. The van der Waals surface area contributed by atoms with E-state index in [0.717, 1.165) is 4.90 Å². The molecule has 1 saturated heterocycles. The highest BCUT2D eigenvalue weighted by Crippen LogP contribution is 2.24. The fourth-order valence-corrected chi connectivity index (χ4v) is 2.39. The third-order valence-corrected chi connectivity index (χ3v) is 4.35. The molecule has 1 aliphatic heterocycles. The number of ether oxygens (including phenoxy) is 1. The van der Waals surface area contributed by atoms with Crippen LogP contribution in [0, 0.1) is 0 Å². The number of carbonyl (C=O) groups is 5. The van der Waals surface area contributed by atoms with E-state index in [4.69, 9.17) is 4.74 Å². The molecule has 0 saturated carbocycles. The molecule has 146 valence electrons. The lowest BCUT2D eigenvalue weighted by Gasteiger charge is -2.22. The molecule has 1 aliphatic rings. The largest absolute Gasteiger partial charge is 0.454 e. The summed E-state index contributed by atoms with van der Waals surface area (Å²) < 4.78 is 4.73. The van der Waals surface area contributed by atoms with Crippen LogP contribution in [-0.2, 0) is 19.1 Å². The van der Waals surface area contributed by atoms with Crippen LogP contribution in [0.2, 0.25) is 0 Å². The number of rotatable bonds is 8. The Morgan fingerprint density at radius 3 is 2.31 bits per heavy atom. The number of carbonyl (C=O) groups excluding carboxylic acids is 5. The van der Waals surface area contributed by atoms with Crippen LogP contribution in [0.4, 0.5) is 9.59 Å². The number of nitrogens with zero attached hydrogens (tertiary/aromatic N) is 1. The van der Waals surface area contributed by atoms with Crippen molar-refractivity contribution in [2.75, 3.05) is 13.2 Å². The number of esters is 1. The molecule has 0 spiro atoms. The average Bonchev–Trinajstić information content (AvgIpc) is 2.84. The van der Waals surface area contributed by atoms with Gasteiger partial charge in [0.25, 0.3) is 11.8 Å².